The van der Waals surface area contributed by atoms with Gasteiger partial charge >= 0.3 is 5.97 Å². The number of rotatable bonds is 6. The topological polar surface area (TPSA) is 88.5 Å². The second kappa shape index (κ2) is 6.46. The number of carboxylic acid groups (broad SMARTS) is 1. The molecule has 0 atom stereocenters. The third-order valence-corrected chi connectivity index (χ3v) is 3.17. The highest BCUT2D eigenvalue weighted by Crippen LogP contribution is 2.17. The Morgan fingerprint density at radius 1 is 1.50 bits per heavy atom. The van der Waals surface area contributed by atoms with E-state index < -0.39 is 5.97 Å². The van der Waals surface area contributed by atoms with Crippen LogP contribution < -0.4 is 5.32 Å². The molecule has 1 amide bonds. The largest absolute Gasteiger partial charge is 0.477 e. The van der Waals surface area contributed by atoms with Gasteiger partial charge in [0.15, 0.2) is 0 Å². The van der Waals surface area contributed by atoms with Crippen molar-refractivity contribution in [2.24, 2.45) is 0 Å². The van der Waals surface area contributed by atoms with Crippen molar-refractivity contribution < 1.29 is 19.4 Å². The Morgan fingerprint density at radius 3 is 2.67 bits per heavy atom. The van der Waals surface area contributed by atoms with Crippen molar-refractivity contribution >= 4 is 23.2 Å². The fraction of sp³-hybridized carbons (Fsp3) is 0.545. The lowest BCUT2D eigenvalue weighted by atomic mass is 10.4. The van der Waals surface area contributed by atoms with Gasteiger partial charge in [-0.3, -0.25) is 4.79 Å². The second-order valence-corrected chi connectivity index (χ2v) is 5.05. The smallest absolute Gasteiger partial charge is 0.347 e. The number of aromatic nitrogens is 1. The maximum atomic E-state index is 11.4. The highest BCUT2D eigenvalue weighted by Gasteiger charge is 2.14. The number of aryl methyl sites for hydroxylation is 1. The number of carbonyl (C=O) groups excluding carboxylic acids is 1. The molecule has 0 aliphatic heterocycles. The van der Waals surface area contributed by atoms with Gasteiger partial charge in [-0.05, 0) is 20.8 Å². The molecule has 0 spiro atoms. The van der Waals surface area contributed by atoms with E-state index in [9.17, 15) is 9.59 Å². The lowest BCUT2D eigenvalue weighted by Crippen LogP contribution is -2.28. The zero-order chi connectivity index (χ0) is 13.7. The Hall–Kier alpha value is -1.47. The minimum atomic E-state index is -0.995. The molecule has 0 aliphatic rings. The zero-order valence-corrected chi connectivity index (χ0v) is 11.3. The normalized spacial score (nSPS) is 10.7. The minimum Gasteiger partial charge on any atom is -0.477 e. The summed E-state index contributed by atoms with van der Waals surface area (Å²) in [5.41, 5.74) is 0.468. The standard InChI is InChI=1S/C11H16N2O4S/c1-6(2)17-5-8(14)12-4-9-13-7(3)10(18-9)11(15)16/h6H,4-5H2,1-3H3,(H,12,14)(H,15,16). The van der Waals surface area contributed by atoms with Crippen molar-refractivity contribution in [2.75, 3.05) is 6.61 Å². The fourth-order valence-corrected chi connectivity index (χ4v) is 2.04. The minimum absolute atomic E-state index is 0.00327. The summed E-state index contributed by atoms with van der Waals surface area (Å²) in [4.78, 5) is 26.5. The Bertz CT molecular complexity index is 442. The maximum Gasteiger partial charge on any atom is 0.347 e. The Kier molecular flexibility index (Phi) is 5.24. The molecule has 1 aromatic rings. The van der Waals surface area contributed by atoms with Crippen LogP contribution in [0.3, 0.4) is 0 Å². The number of carboxylic acids is 1. The highest BCUT2D eigenvalue weighted by atomic mass is 32.1. The summed E-state index contributed by atoms with van der Waals surface area (Å²) < 4.78 is 5.14. The number of amides is 1. The number of nitrogens with one attached hydrogen (secondary N) is 1. The average Bonchev–Trinajstić information content (AvgIpc) is 2.65. The van der Waals surface area contributed by atoms with Crippen molar-refractivity contribution in [1.29, 1.82) is 0 Å². The average molecular weight is 272 g/mol. The van der Waals surface area contributed by atoms with Crippen molar-refractivity contribution in [2.45, 2.75) is 33.4 Å². The third-order valence-electron chi connectivity index (χ3n) is 2.02. The highest BCUT2D eigenvalue weighted by molar-refractivity contribution is 7.13. The summed E-state index contributed by atoms with van der Waals surface area (Å²) in [7, 11) is 0. The predicted molar refractivity (Wildman–Crippen MR) is 66.7 cm³/mol. The Balaban J connectivity index is 2.46. The van der Waals surface area contributed by atoms with Crippen LogP contribution in [0.5, 0.6) is 0 Å². The van der Waals surface area contributed by atoms with E-state index in [1.54, 1.807) is 6.92 Å². The molecule has 100 valence electrons. The summed E-state index contributed by atoms with van der Waals surface area (Å²) in [6.45, 7) is 5.53. The number of nitrogens with zero attached hydrogens (tertiary/aromatic N) is 1. The number of ether oxygens (including phenoxy) is 1. The lowest BCUT2D eigenvalue weighted by molar-refractivity contribution is -0.127. The SMILES string of the molecule is Cc1nc(CNC(=O)COC(C)C)sc1C(=O)O. The fourth-order valence-electron chi connectivity index (χ4n) is 1.19. The number of hydrogen-bond acceptors (Lipinski definition) is 5. The first-order valence-corrected chi connectivity index (χ1v) is 6.29. The monoisotopic (exact) mass is 272 g/mol. The van der Waals surface area contributed by atoms with Crippen LogP contribution in [-0.4, -0.2) is 34.7 Å². The van der Waals surface area contributed by atoms with Gasteiger partial charge in [0.1, 0.15) is 16.5 Å². The summed E-state index contributed by atoms with van der Waals surface area (Å²) in [5, 5.41) is 12.1. The van der Waals surface area contributed by atoms with Gasteiger partial charge in [-0.25, -0.2) is 9.78 Å². The molecule has 0 radical (unpaired) electrons. The van der Waals surface area contributed by atoms with Gasteiger partial charge in [-0.2, -0.15) is 0 Å². The van der Waals surface area contributed by atoms with Gasteiger partial charge in [-0.1, -0.05) is 0 Å². The Labute approximate surface area is 109 Å². The first-order valence-electron chi connectivity index (χ1n) is 5.48. The van der Waals surface area contributed by atoms with E-state index in [0.29, 0.717) is 10.7 Å². The summed E-state index contributed by atoms with van der Waals surface area (Å²) >= 11 is 1.07. The van der Waals surface area contributed by atoms with E-state index in [2.05, 4.69) is 10.3 Å². The summed E-state index contributed by atoms with van der Waals surface area (Å²) in [5.74, 6) is -1.24. The molecule has 0 unspecified atom stereocenters. The van der Waals surface area contributed by atoms with E-state index >= 15 is 0 Å². The summed E-state index contributed by atoms with van der Waals surface area (Å²) in [6, 6.07) is 0. The van der Waals surface area contributed by atoms with Gasteiger partial charge in [0, 0.05) is 0 Å². The van der Waals surface area contributed by atoms with Crippen LogP contribution in [0.15, 0.2) is 0 Å². The first-order chi connectivity index (χ1) is 8.40. The molecule has 6 nitrogen and oxygen atoms in total. The maximum absolute atomic E-state index is 11.4. The van der Waals surface area contributed by atoms with Gasteiger partial charge < -0.3 is 15.2 Å². The second-order valence-electron chi connectivity index (χ2n) is 3.96. The van der Waals surface area contributed by atoms with Gasteiger partial charge in [-0.15, -0.1) is 11.3 Å². The molecule has 0 aromatic carbocycles. The van der Waals surface area contributed by atoms with Crippen LogP contribution in [-0.2, 0) is 16.1 Å². The molecule has 7 heteroatoms. The van der Waals surface area contributed by atoms with Crippen LogP contribution >= 0.6 is 11.3 Å². The van der Waals surface area contributed by atoms with Crippen LogP contribution in [0.4, 0.5) is 0 Å². The summed E-state index contributed by atoms with van der Waals surface area (Å²) in [6.07, 6.45) is -0.00327. The molecular formula is C11H16N2O4S. The number of hydrogen-bond donors (Lipinski definition) is 2. The van der Waals surface area contributed by atoms with Crippen LogP contribution in [0.2, 0.25) is 0 Å². The third kappa shape index (κ3) is 4.42. The number of thiazole rings is 1. The molecule has 2 N–H and O–H groups in total. The van der Waals surface area contributed by atoms with Crippen LogP contribution in [0.25, 0.3) is 0 Å². The van der Waals surface area contributed by atoms with E-state index in [1.165, 1.54) is 0 Å². The van der Waals surface area contributed by atoms with E-state index in [1.807, 2.05) is 13.8 Å². The van der Waals surface area contributed by atoms with Crippen LogP contribution in [0, 0.1) is 6.92 Å². The number of aromatic carboxylic acids is 1. The van der Waals surface area contributed by atoms with Crippen molar-refractivity contribution in [1.82, 2.24) is 10.3 Å². The van der Waals surface area contributed by atoms with Crippen molar-refractivity contribution in [3.8, 4) is 0 Å². The van der Waals surface area contributed by atoms with Crippen LogP contribution in [0.1, 0.15) is 34.2 Å². The molecule has 0 saturated heterocycles. The van der Waals surface area contributed by atoms with Gasteiger partial charge in [0.2, 0.25) is 5.91 Å². The molecule has 0 aliphatic carbocycles. The van der Waals surface area contributed by atoms with E-state index in [0.717, 1.165) is 11.3 Å². The quantitative estimate of drug-likeness (QED) is 0.812. The molecule has 1 heterocycles. The van der Waals surface area contributed by atoms with E-state index in [-0.39, 0.29) is 30.0 Å². The first kappa shape index (κ1) is 14.6. The van der Waals surface area contributed by atoms with Crippen molar-refractivity contribution in [3.63, 3.8) is 0 Å². The molecule has 0 bridgehead atoms. The zero-order valence-electron chi connectivity index (χ0n) is 10.5. The number of carbonyl (C=O) groups is 2. The van der Waals surface area contributed by atoms with Gasteiger partial charge in [0.05, 0.1) is 18.3 Å². The van der Waals surface area contributed by atoms with Crippen molar-refractivity contribution in [3.05, 3.63) is 15.6 Å². The lowest BCUT2D eigenvalue weighted by Gasteiger charge is -2.07. The molecule has 1 aromatic heterocycles. The van der Waals surface area contributed by atoms with Gasteiger partial charge in [0.25, 0.3) is 0 Å². The molecule has 0 fully saturated rings. The molecular weight excluding hydrogens is 256 g/mol. The molecule has 18 heavy (non-hydrogen) atoms. The molecule has 1 rings (SSSR count). The van der Waals surface area contributed by atoms with E-state index in [4.69, 9.17) is 9.84 Å². The predicted octanol–water partition coefficient (Wildman–Crippen LogP) is 1.19. The Morgan fingerprint density at radius 2 is 2.17 bits per heavy atom. The molecule has 0 saturated carbocycles.